The molecule has 1 amide bonds. The predicted molar refractivity (Wildman–Crippen MR) is 73.4 cm³/mol. The van der Waals surface area contributed by atoms with E-state index in [1.807, 2.05) is 49.4 Å². The molecule has 1 aromatic carbocycles. The van der Waals surface area contributed by atoms with Crippen LogP contribution in [0.15, 0.2) is 36.4 Å². The zero-order valence-electron chi connectivity index (χ0n) is 11.2. The lowest BCUT2D eigenvalue weighted by Gasteiger charge is -2.35. The highest BCUT2D eigenvalue weighted by atomic mass is 16.7. The summed E-state index contributed by atoms with van der Waals surface area (Å²) in [5.74, 6) is -0.0886. The van der Waals surface area contributed by atoms with Gasteiger partial charge in [-0.15, -0.1) is 0 Å². The van der Waals surface area contributed by atoms with Gasteiger partial charge in [0.25, 0.3) is 5.91 Å². The number of amides is 1. The Morgan fingerprint density at radius 3 is 2.74 bits per heavy atom. The fraction of sp³-hybridized carbons (Fsp3) is 0.400. The van der Waals surface area contributed by atoms with Gasteiger partial charge in [0.1, 0.15) is 0 Å². The van der Waals surface area contributed by atoms with Crippen molar-refractivity contribution >= 4 is 12.0 Å². The topological polar surface area (TPSA) is 47.6 Å². The van der Waals surface area contributed by atoms with Gasteiger partial charge in [0, 0.05) is 6.61 Å². The second kappa shape index (κ2) is 6.50. The van der Waals surface area contributed by atoms with Crippen molar-refractivity contribution in [1.29, 1.82) is 0 Å². The maximum absolute atomic E-state index is 11.5. The highest BCUT2D eigenvalue weighted by molar-refractivity contribution is 5.89. The Bertz CT molecular complexity index is 444. The van der Waals surface area contributed by atoms with Gasteiger partial charge in [0.15, 0.2) is 12.4 Å². The van der Waals surface area contributed by atoms with Gasteiger partial charge in [0.05, 0.1) is 6.04 Å². The zero-order chi connectivity index (χ0) is 13.7. The normalized spacial score (nSPS) is 24.0. The molecule has 0 aliphatic carbocycles. The zero-order valence-corrected chi connectivity index (χ0v) is 11.2. The van der Waals surface area contributed by atoms with Crippen molar-refractivity contribution in [2.24, 2.45) is 0 Å². The first-order valence-corrected chi connectivity index (χ1v) is 6.51. The third-order valence-electron chi connectivity index (χ3n) is 2.93. The number of carbonyl (C=O) groups is 1. The summed E-state index contributed by atoms with van der Waals surface area (Å²) >= 11 is 0. The van der Waals surface area contributed by atoms with Crippen molar-refractivity contribution in [3.05, 3.63) is 42.0 Å². The molecule has 3 atom stereocenters. The van der Waals surface area contributed by atoms with Crippen molar-refractivity contribution in [2.45, 2.75) is 32.3 Å². The number of ether oxygens (including phenoxy) is 2. The average molecular weight is 261 g/mol. The fourth-order valence-electron chi connectivity index (χ4n) is 1.94. The Hall–Kier alpha value is -1.65. The minimum atomic E-state index is -0.457. The summed E-state index contributed by atoms with van der Waals surface area (Å²) in [6, 6.07) is 9.85. The molecule has 1 aromatic rings. The minimum absolute atomic E-state index is 0.0874. The van der Waals surface area contributed by atoms with Crippen LogP contribution >= 0.6 is 0 Å². The van der Waals surface area contributed by atoms with Gasteiger partial charge in [-0.1, -0.05) is 42.5 Å². The number of benzene rings is 1. The molecule has 4 heteroatoms. The van der Waals surface area contributed by atoms with Crippen LogP contribution in [0.3, 0.4) is 0 Å². The van der Waals surface area contributed by atoms with Gasteiger partial charge in [-0.3, -0.25) is 4.79 Å². The molecule has 0 aromatic heterocycles. The van der Waals surface area contributed by atoms with Gasteiger partial charge in [0.2, 0.25) is 0 Å². The number of rotatable bonds is 6. The maximum atomic E-state index is 11.5. The maximum Gasteiger partial charge on any atom is 0.252 e. The van der Waals surface area contributed by atoms with E-state index in [1.54, 1.807) is 6.92 Å². The molecule has 4 nitrogen and oxygen atoms in total. The number of hydrogen-bond acceptors (Lipinski definition) is 3. The summed E-state index contributed by atoms with van der Waals surface area (Å²) in [5, 5.41) is 2.80. The predicted octanol–water partition coefficient (Wildman–Crippen LogP) is 1.97. The van der Waals surface area contributed by atoms with Crippen LogP contribution in [-0.4, -0.2) is 30.9 Å². The van der Waals surface area contributed by atoms with Crippen molar-refractivity contribution in [1.82, 2.24) is 5.32 Å². The Labute approximate surface area is 113 Å². The van der Waals surface area contributed by atoms with E-state index in [4.69, 9.17) is 9.47 Å². The van der Waals surface area contributed by atoms with Gasteiger partial charge in [-0.2, -0.15) is 0 Å². The fourth-order valence-corrected chi connectivity index (χ4v) is 1.94. The summed E-state index contributed by atoms with van der Waals surface area (Å²) in [7, 11) is 0. The van der Waals surface area contributed by atoms with Crippen LogP contribution in [0.1, 0.15) is 19.4 Å². The first-order chi connectivity index (χ1) is 9.20. The summed E-state index contributed by atoms with van der Waals surface area (Å²) in [5.41, 5.74) is 1.10. The Morgan fingerprint density at radius 2 is 2.11 bits per heavy atom. The van der Waals surface area contributed by atoms with E-state index in [2.05, 4.69) is 5.32 Å². The standard InChI is InChI=1S/C15H19NO3/c1-3-18-11(2)19-14-13(16-15(14)17)10-9-12-7-5-4-6-8-12/h4-11,13-14H,3H2,1-2H3,(H,16,17)/b10-9+/t11?,13-,14+/m0/s1. The summed E-state index contributed by atoms with van der Waals surface area (Å²) < 4.78 is 10.8. The van der Waals surface area contributed by atoms with E-state index in [0.717, 1.165) is 5.56 Å². The van der Waals surface area contributed by atoms with Crippen LogP contribution in [0.25, 0.3) is 6.08 Å². The largest absolute Gasteiger partial charge is 0.353 e. The van der Waals surface area contributed by atoms with Crippen molar-refractivity contribution in [3.63, 3.8) is 0 Å². The molecule has 0 bridgehead atoms. The summed E-state index contributed by atoms with van der Waals surface area (Å²) in [6.07, 6.45) is 3.10. The number of hydrogen-bond donors (Lipinski definition) is 1. The smallest absolute Gasteiger partial charge is 0.252 e. The molecular formula is C15H19NO3. The lowest BCUT2D eigenvalue weighted by Crippen LogP contribution is -2.63. The van der Waals surface area contributed by atoms with Gasteiger partial charge >= 0.3 is 0 Å². The van der Waals surface area contributed by atoms with Crippen LogP contribution in [-0.2, 0) is 14.3 Å². The van der Waals surface area contributed by atoms with Crippen molar-refractivity contribution in [2.75, 3.05) is 6.61 Å². The molecule has 1 saturated heterocycles. The third-order valence-corrected chi connectivity index (χ3v) is 2.93. The van der Waals surface area contributed by atoms with Crippen molar-refractivity contribution in [3.8, 4) is 0 Å². The number of nitrogens with one attached hydrogen (secondary N) is 1. The van der Waals surface area contributed by atoms with Gasteiger partial charge in [-0.25, -0.2) is 0 Å². The molecule has 1 fully saturated rings. The molecule has 2 rings (SSSR count). The van der Waals surface area contributed by atoms with Crippen LogP contribution in [0.5, 0.6) is 0 Å². The van der Waals surface area contributed by atoms with E-state index in [9.17, 15) is 4.79 Å². The number of carbonyl (C=O) groups excluding carboxylic acids is 1. The molecule has 1 unspecified atom stereocenters. The quantitative estimate of drug-likeness (QED) is 0.629. The molecule has 1 aliphatic rings. The molecule has 1 aliphatic heterocycles. The monoisotopic (exact) mass is 261 g/mol. The first-order valence-electron chi connectivity index (χ1n) is 6.51. The van der Waals surface area contributed by atoms with Crippen LogP contribution < -0.4 is 5.32 Å². The molecule has 0 saturated carbocycles. The lowest BCUT2D eigenvalue weighted by atomic mass is 10.0. The Morgan fingerprint density at radius 1 is 1.37 bits per heavy atom. The molecular weight excluding hydrogens is 242 g/mol. The Kier molecular flexibility index (Phi) is 4.71. The Balaban J connectivity index is 1.90. The summed E-state index contributed by atoms with van der Waals surface area (Å²) in [4.78, 5) is 11.5. The molecule has 0 radical (unpaired) electrons. The summed E-state index contributed by atoms with van der Waals surface area (Å²) in [6.45, 7) is 4.26. The van der Waals surface area contributed by atoms with Crippen LogP contribution in [0.4, 0.5) is 0 Å². The van der Waals surface area contributed by atoms with Gasteiger partial charge in [-0.05, 0) is 19.4 Å². The average Bonchev–Trinajstić information content (AvgIpc) is 2.42. The highest BCUT2D eigenvalue weighted by Gasteiger charge is 2.39. The molecule has 102 valence electrons. The minimum Gasteiger partial charge on any atom is -0.353 e. The van der Waals surface area contributed by atoms with Gasteiger partial charge < -0.3 is 14.8 Å². The van der Waals surface area contributed by atoms with E-state index in [1.165, 1.54) is 0 Å². The van der Waals surface area contributed by atoms with Crippen LogP contribution in [0.2, 0.25) is 0 Å². The van der Waals surface area contributed by atoms with E-state index < -0.39 is 6.10 Å². The second-order valence-electron chi connectivity index (χ2n) is 4.38. The SMILES string of the molecule is CCOC(C)O[C@H]1C(=O)N[C@H]1/C=C/c1ccccc1. The van der Waals surface area contributed by atoms with E-state index in [-0.39, 0.29) is 18.2 Å². The molecule has 1 N–H and O–H groups in total. The molecule has 19 heavy (non-hydrogen) atoms. The van der Waals surface area contributed by atoms with E-state index >= 15 is 0 Å². The lowest BCUT2D eigenvalue weighted by molar-refractivity contribution is -0.187. The highest BCUT2D eigenvalue weighted by Crippen LogP contribution is 2.16. The van der Waals surface area contributed by atoms with Crippen LogP contribution in [0, 0.1) is 0 Å². The third kappa shape index (κ3) is 3.66. The molecule has 1 heterocycles. The first kappa shape index (κ1) is 13.8. The molecule has 0 spiro atoms. The second-order valence-corrected chi connectivity index (χ2v) is 4.38. The number of β-lactam (4-membered cyclic amide) rings is 1. The van der Waals surface area contributed by atoms with Crippen molar-refractivity contribution < 1.29 is 14.3 Å². The van der Waals surface area contributed by atoms with E-state index in [0.29, 0.717) is 6.61 Å².